The summed E-state index contributed by atoms with van der Waals surface area (Å²) in [6.45, 7) is 26.1. The molecule has 0 amide bonds. The Morgan fingerprint density at radius 1 is 0.929 bits per heavy atom. The van der Waals surface area contributed by atoms with Gasteiger partial charge in [-0.1, -0.05) is 65.8 Å². The molecule has 0 radical (unpaired) electrons. The minimum absolute atomic E-state index is 0. The molecule has 6 rings (SSSR count). The van der Waals surface area contributed by atoms with E-state index in [1.54, 1.807) is 0 Å². The van der Waals surface area contributed by atoms with Gasteiger partial charge in [0.1, 0.15) is 5.76 Å². The lowest BCUT2D eigenvalue weighted by Crippen LogP contribution is -2.67. The molecule has 1 heterocycles. The second kappa shape index (κ2) is 10.8. The number of fused-ring (bicyclic) bond motifs is 7. The normalized spacial score (nSPS) is 48.3. The zero-order valence-electron chi connectivity index (χ0n) is 28.3. The van der Waals surface area contributed by atoms with Crippen LogP contribution in [0.2, 0.25) is 0 Å². The van der Waals surface area contributed by atoms with Gasteiger partial charge in [0.15, 0.2) is 6.29 Å². The fraction of sp³-hybridized carbons (Fsp3) is 0.846. The van der Waals surface area contributed by atoms with Crippen molar-refractivity contribution in [1.29, 1.82) is 0 Å². The first kappa shape index (κ1) is 30.9. The second-order valence-electron chi connectivity index (χ2n) is 17.2. The van der Waals surface area contributed by atoms with Crippen LogP contribution in [0.15, 0.2) is 36.1 Å². The number of rotatable bonds is 6. The molecule has 0 aromatic heterocycles. The molecule has 0 aromatic rings. The Kier molecular flexibility index (Phi) is 7.95. The molecule has 0 aromatic carbocycles. The first-order valence-corrected chi connectivity index (χ1v) is 17.7. The van der Waals surface area contributed by atoms with E-state index in [0.717, 1.165) is 37.9 Å². The SMILES string of the molecule is C=CC1=C(OC)C(C)(C)C2CC[C@]3(C)[C@H](CC[C@@H]4[C@H]5[C@H](C(=C)C)CCC[C@]5(COC5CCCCO5)CC[C@]43C)[C@@]2(C)C1.[HH]. The predicted molar refractivity (Wildman–Crippen MR) is 175 cm³/mol. The third-order valence-corrected chi connectivity index (χ3v) is 15.2. The minimum atomic E-state index is 0. The number of allylic oxidation sites excluding steroid dienone is 4. The maximum Gasteiger partial charge on any atom is 0.157 e. The molecule has 3 nitrogen and oxygen atoms in total. The fourth-order valence-electron chi connectivity index (χ4n) is 13.3. The lowest BCUT2D eigenvalue weighted by molar-refractivity contribution is -0.256. The molecule has 0 N–H and O–H groups in total. The largest absolute Gasteiger partial charge is 0.500 e. The van der Waals surface area contributed by atoms with Gasteiger partial charge in [-0.3, -0.25) is 0 Å². The van der Waals surface area contributed by atoms with Crippen LogP contribution in [0, 0.1) is 56.7 Å². The summed E-state index contributed by atoms with van der Waals surface area (Å²) < 4.78 is 18.9. The summed E-state index contributed by atoms with van der Waals surface area (Å²) in [6.07, 6.45) is 18.7. The van der Waals surface area contributed by atoms with Crippen LogP contribution in [-0.4, -0.2) is 26.6 Å². The highest BCUT2D eigenvalue weighted by molar-refractivity contribution is 5.34. The van der Waals surface area contributed by atoms with Crippen LogP contribution in [0.5, 0.6) is 0 Å². The van der Waals surface area contributed by atoms with Gasteiger partial charge in [0.05, 0.1) is 13.7 Å². The number of ether oxygens (including phenoxy) is 3. The summed E-state index contributed by atoms with van der Waals surface area (Å²) in [4.78, 5) is 0. The van der Waals surface area contributed by atoms with Crippen LogP contribution in [0.3, 0.4) is 0 Å². The van der Waals surface area contributed by atoms with Crippen LogP contribution in [0.25, 0.3) is 0 Å². The summed E-state index contributed by atoms with van der Waals surface area (Å²) in [7, 11) is 1.88. The molecular formula is C39H64O3. The molecule has 42 heavy (non-hydrogen) atoms. The van der Waals surface area contributed by atoms with Crippen molar-refractivity contribution in [2.75, 3.05) is 20.3 Å². The highest BCUT2D eigenvalue weighted by atomic mass is 16.7. The minimum Gasteiger partial charge on any atom is -0.500 e. The summed E-state index contributed by atoms with van der Waals surface area (Å²) in [5.41, 5.74) is 4.05. The first-order chi connectivity index (χ1) is 19.9. The summed E-state index contributed by atoms with van der Waals surface area (Å²) in [6, 6.07) is 0. The number of hydrogen-bond donors (Lipinski definition) is 0. The van der Waals surface area contributed by atoms with E-state index < -0.39 is 0 Å². The van der Waals surface area contributed by atoms with Crippen molar-refractivity contribution in [3.63, 3.8) is 0 Å². The quantitative estimate of drug-likeness (QED) is 0.293. The molecule has 0 bridgehead atoms. The Morgan fingerprint density at radius 2 is 1.71 bits per heavy atom. The maximum atomic E-state index is 6.73. The Labute approximate surface area is 259 Å². The summed E-state index contributed by atoms with van der Waals surface area (Å²) in [5, 5.41) is 0. The molecule has 5 fully saturated rings. The smallest absolute Gasteiger partial charge is 0.157 e. The van der Waals surface area contributed by atoms with Gasteiger partial charge in [0.2, 0.25) is 0 Å². The van der Waals surface area contributed by atoms with E-state index in [0.29, 0.717) is 28.6 Å². The first-order valence-electron chi connectivity index (χ1n) is 17.7. The van der Waals surface area contributed by atoms with Crippen LogP contribution in [0.1, 0.15) is 126 Å². The summed E-state index contributed by atoms with van der Waals surface area (Å²) in [5.74, 6) is 4.61. The van der Waals surface area contributed by atoms with Crippen LogP contribution < -0.4 is 0 Å². The molecule has 6 aliphatic rings. The predicted octanol–water partition coefficient (Wildman–Crippen LogP) is 10.5. The molecule has 1 aliphatic heterocycles. The molecule has 3 heteroatoms. The van der Waals surface area contributed by atoms with E-state index >= 15 is 0 Å². The Hall–Kier alpha value is -1.06. The number of hydrogen-bond acceptors (Lipinski definition) is 3. The zero-order chi connectivity index (χ0) is 30.1. The second-order valence-corrected chi connectivity index (χ2v) is 17.2. The van der Waals surface area contributed by atoms with E-state index in [1.165, 1.54) is 87.5 Å². The molecule has 0 spiro atoms. The maximum absolute atomic E-state index is 6.73. The average molecular weight is 581 g/mol. The van der Waals surface area contributed by atoms with Crippen LogP contribution >= 0.6 is 0 Å². The van der Waals surface area contributed by atoms with Crippen molar-refractivity contribution in [3.05, 3.63) is 36.1 Å². The summed E-state index contributed by atoms with van der Waals surface area (Å²) >= 11 is 0. The van der Waals surface area contributed by atoms with E-state index in [-0.39, 0.29) is 24.0 Å². The van der Waals surface area contributed by atoms with Gasteiger partial charge in [0.25, 0.3) is 0 Å². The molecule has 238 valence electrons. The molecule has 10 atom stereocenters. The van der Waals surface area contributed by atoms with Gasteiger partial charge in [-0.15, -0.1) is 0 Å². The topological polar surface area (TPSA) is 27.7 Å². The number of methoxy groups -OCH3 is 1. The van der Waals surface area contributed by atoms with Gasteiger partial charge < -0.3 is 14.2 Å². The molecule has 4 saturated carbocycles. The standard InChI is InChI=1S/C39H62O3.H2/c1-10-27-24-36(6)30(35(4,5)34(27)40-9)18-20-38(8)31(36)17-16-29-33-28(26(2)3)14-13-19-39(33,22-21-37(29,38)7)25-42-32-15-11-12-23-41-32;/h10,28-33H,1-2,11-25H2,3-9H3;1H/t28-,29+,30?,31+,32?,33+,36-,37+,38+,39+;/m0./s1. The zero-order valence-corrected chi connectivity index (χ0v) is 28.3. The van der Waals surface area contributed by atoms with Crippen LogP contribution in [0.4, 0.5) is 0 Å². The molecule has 2 unspecified atom stereocenters. The van der Waals surface area contributed by atoms with Crippen molar-refractivity contribution < 1.29 is 15.6 Å². The van der Waals surface area contributed by atoms with E-state index in [9.17, 15) is 0 Å². The van der Waals surface area contributed by atoms with Gasteiger partial charge in [-0.2, -0.15) is 0 Å². The molecule has 1 saturated heterocycles. The van der Waals surface area contributed by atoms with Crippen LogP contribution in [-0.2, 0) is 14.2 Å². The van der Waals surface area contributed by atoms with Gasteiger partial charge in [-0.25, -0.2) is 0 Å². The average Bonchev–Trinajstić information content (AvgIpc) is 2.96. The van der Waals surface area contributed by atoms with Gasteiger partial charge >= 0.3 is 0 Å². The lowest BCUT2D eigenvalue weighted by Gasteiger charge is -2.73. The Bertz CT molecular complexity index is 1100. The Morgan fingerprint density at radius 3 is 2.38 bits per heavy atom. The van der Waals surface area contributed by atoms with Gasteiger partial charge in [0, 0.05) is 13.4 Å². The van der Waals surface area contributed by atoms with Crippen molar-refractivity contribution >= 4 is 0 Å². The third kappa shape index (κ3) is 4.32. The van der Waals surface area contributed by atoms with Crippen molar-refractivity contribution in [2.45, 2.75) is 131 Å². The highest BCUT2D eigenvalue weighted by Crippen LogP contribution is 2.77. The highest BCUT2D eigenvalue weighted by Gasteiger charge is 2.70. The van der Waals surface area contributed by atoms with Crippen molar-refractivity contribution in [3.8, 4) is 0 Å². The fourth-order valence-corrected chi connectivity index (χ4v) is 13.3. The lowest BCUT2D eigenvalue weighted by atomic mass is 9.31. The van der Waals surface area contributed by atoms with E-state index in [1.807, 2.05) is 7.11 Å². The molecular weight excluding hydrogens is 516 g/mol. The van der Waals surface area contributed by atoms with Gasteiger partial charge in [-0.05, 0) is 141 Å². The monoisotopic (exact) mass is 580 g/mol. The Balaban J connectivity index is 0.00000368. The van der Waals surface area contributed by atoms with Crippen molar-refractivity contribution in [1.82, 2.24) is 0 Å². The third-order valence-electron chi connectivity index (χ3n) is 15.2. The van der Waals surface area contributed by atoms with E-state index in [2.05, 4.69) is 60.8 Å². The molecule has 5 aliphatic carbocycles. The van der Waals surface area contributed by atoms with Crippen molar-refractivity contribution in [2.24, 2.45) is 56.7 Å². The van der Waals surface area contributed by atoms with E-state index in [4.69, 9.17) is 14.2 Å².